The molecule has 1 atom stereocenters. The molecule has 0 saturated carbocycles. The highest BCUT2D eigenvalue weighted by Gasteiger charge is 2.51. The smallest absolute Gasteiger partial charge is 0.444 e. The number of hydrogen-bond acceptors (Lipinski definition) is 5. The fourth-order valence-electron chi connectivity index (χ4n) is 2.35. The van der Waals surface area contributed by atoms with E-state index >= 15 is 0 Å². The Hall–Kier alpha value is -1.60. The predicted molar refractivity (Wildman–Crippen MR) is 110 cm³/mol. The Morgan fingerprint density at radius 1 is 1.39 bits per heavy atom. The summed E-state index contributed by atoms with van der Waals surface area (Å²) in [4.78, 5) is 16.5. The molecular weight excluding hydrogens is 355 g/mol. The molecule has 0 aromatic carbocycles. The first-order valence-corrected chi connectivity index (χ1v) is 8.90. The van der Waals surface area contributed by atoms with Crippen LogP contribution in [0.3, 0.4) is 0 Å². The fraction of sp³-hybridized carbons (Fsp3) is 0.714. The van der Waals surface area contributed by atoms with Crippen molar-refractivity contribution in [3.05, 3.63) is 24.0 Å². The SMILES string of the molecule is [2H]c1nc(C2([2H])C([2H])([2H])N(C(=O)OC(C)(C)C)C([2H])([2H])C([2H])([2H])C2([2H])[2H])c([2H])c(B2OC(C)(C)C(C)(C)O2)c1[2H]. The molecule has 0 spiro atoms. The van der Waals surface area contributed by atoms with E-state index in [2.05, 4.69) is 4.98 Å². The third-order valence-electron chi connectivity index (χ3n) is 4.49. The van der Waals surface area contributed by atoms with Gasteiger partial charge in [0.15, 0.2) is 0 Å². The highest BCUT2D eigenvalue weighted by Crippen LogP contribution is 2.36. The quantitative estimate of drug-likeness (QED) is 0.712. The van der Waals surface area contributed by atoms with E-state index in [1.165, 1.54) is 20.8 Å². The Balaban J connectivity index is 2.40. The van der Waals surface area contributed by atoms with E-state index in [4.69, 9.17) is 29.1 Å². The molecule has 3 rings (SSSR count). The zero-order valence-electron chi connectivity index (χ0n) is 29.1. The van der Waals surface area contributed by atoms with Gasteiger partial charge in [0.05, 0.1) is 18.1 Å². The molecule has 1 aromatic heterocycles. The summed E-state index contributed by atoms with van der Waals surface area (Å²) in [6.45, 7) is 3.38. The molecule has 0 bridgehead atoms. The first kappa shape index (κ1) is 10.4. The van der Waals surface area contributed by atoms with Crippen LogP contribution in [-0.4, -0.2) is 52.9 Å². The van der Waals surface area contributed by atoms with Gasteiger partial charge in [-0.2, -0.15) is 0 Å². The van der Waals surface area contributed by atoms with Gasteiger partial charge in [-0.3, -0.25) is 4.98 Å². The lowest BCUT2D eigenvalue weighted by Gasteiger charge is -2.34. The molecule has 0 N–H and O–H groups in total. The summed E-state index contributed by atoms with van der Waals surface area (Å²) >= 11 is 0. The number of pyridine rings is 1. The molecule has 7 heteroatoms. The van der Waals surface area contributed by atoms with Crippen molar-refractivity contribution in [1.29, 1.82) is 0 Å². The van der Waals surface area contributed by atoms with E-state index in [0.29, 0.717) is 0 Å². The number of piperidine rings is 1. The molecule has 3 heterocycles. The minimum absolute atomic E-state index is 0.326. The molecule has 1 amide bonds. The number of amides is 1. The van der Waals surface area contributed by atoms with E-state index in [-0.39, 0.29) is 4.90 Å². The predicted octanol–water partition coefficient (Wildman–Crippen LogP) is 3.50. The largest absolute Gasteiger partial charge is 0.494 e. The van der Waals surface area contributed by atoms with Crippen molar-refractivity contribution in [2.45, 2.75) is 83.9 Å². The van der Waals surface area contributed by atoms with Crippen molar-refractivity contribution >= 4 is 18.7 Å². The second-order valence-electron chi connectivity index (χ2n) is 8.49. The Labute approximate surface area is 185 Å². The first-order chi connectivity index (χ1) is 17.5. The Kier molecular flexibility index (Phi) is 2.74. The molecule has 6 nitrogen and oxygen atoms in total. The van der Waals surface area contributed by atoms with E-state index in [9.17, 15) is 6.17 Å². The van der Waals surface area contributed by atoms with Crippen LogP contribution in [0.2, 0.25) is 0 Å². The first-order valence-electron chi connectivity index (χ1n) is 14.9. The molecule has 1 aromatic rings. The summed E-state index contributed by atoms with van der Waals surface area (Å²) in [5, 5.41) is 0. The number of hydrogen-bond donors (Lipinski definition) is 0. The molecule has 0 aliphatic carbocycles. The van der Waals surface area contributed by atoms with Crippen LogP contribution in [0.25, 0.3) is 0 Å². The molecule has 2 aliphatic heterocycles. The van der Waals surface area contributed by atoms with Crippen molar-refractivity contribution in [3.8, 4) is 0 Å². The molecule has 2 saturated heterocycles. The van der Waals surface area contributed by atoms with Crippen LogP contribution in [0, 0.1) is 0 Å². The van der Waals surface area contributed by atoms with Gasteiger partial charge in [0.1, 0.15) is 5.60 Å². The van der Waals surface area contributed by atoms with E-state index in [1.807, 2.05) is 0 Å². The van der Waals surface area contributed by atoms with E-state index < -0.39 is 91.1 Å². The lowest BCUT2D eigenvalue weighted by Crippen LogP contribution is -2.42. The molecule has 28 heavy (non-hydrogen) atoms. The van der Waals surface area contributed by atoms with Gasteiger partial charge in [-0.05, 0) is 78.8 Å². The van der Waals surface area contributed by atoms with E-state index in [1.54, 1.807) is 27.7 Å². The average molecular weight is 400 g/mol. The summed E-state index contributed by atoms with van der Waals surface area (Å²) in [7, 11) is -1.50. The molecule has 1 unspecified atom stereocenters. The second kappa shape index (κ2) is 7.34. The summed E-state index contributed by atoms with van der Waals surface area (Å²) < 4.78 is 120. The number of nitrogens with zero attached hydrogens (tertiary/aromatic N) is 2. The topological polar surface area (TPSA) is 60.9 Å². The molecule has 154 valence electrons. The molecule has 0 radical (unpaired) electrons. The average Bonchev–Trinajstić information content (AvgIpc) is 2.93. The number of aromatic nitrogens is 1. The number of ether oxygens (including phenoxy) is 1. The lowest BCUT2D eigenvalue weighted by molar-refractivity contribution is 0.00578. The Morgan fingerprint density at radius 2 is 2.04 bits per heavy atom. The van der Waals surface area contributed by atoms with Gasteiger partial charge in [0.25, 0.3) is 0 Å². The zero-order chi connectivity index (χ0) is 31.4. The van der Waals surface area contributed by atoms with Crippen molar-refractivity contribution < 1.29 is 35.3 Å². The van der Waals surface area contributed by atoms with Crippen LogP contribution >= 0.6 is 0 Å². The summed E-state index contributed by atoms with van der Waals surface area (Å²) in [5.41, 5.74) is -4.93. The van der Waals surface area contributed by atoms with E-state index in [0.717, 1.165) is 0 Å². The van der Waals surface area contributed by atoms with Crippen LogP contribution in [0.4, 0.5) is 4.79 Å². The number of carbonyl (C=O) groups excluding carboxylic acids is 1. The Bertz CT molecular complexity index is 1220. The number of likely N-dealkylation sites (tertiary alicyclic amines) is 1. The third kappa shape index (κ3) is 4.52. The van der Waals surface area contributed by atoms with Crippen molar-refractivity contribution in [2.75, 3.05) is 13.0 Å². The van der Waals surface area contributed by atoms with Crippen LogP contribution in [-0.2, 0) is 14.0 Å². The third-order valence-corrected chi connectivity index (χ3v) is 4.49. The van der Waals surface area contributed by atoms with Crippen LogP contribution < -0.4 is 5.46 Å². The van der Waals surface area contributed by atoms with Crippen LogP contribution in [0.5, 0.6) is 0 Å². The van der Waals surface area contributed by atoms with Crippen LogP contribution in [0.1, 0.15) is 89.2 Å². The second-order valence-corrected chi connectivity index (χ2v) is 8.49. The maximum absolute atomic E-state index is 13.2. The summed E-state index contributed by atoms with van der Waals surface area (Å²) in [6, 6.07) is -1.64. The zero-order valence-corrected chi connectivity index (χ0v) is 17.1. The van der Waals surface area contributed by atoms with Crippen molar-refractivity contribution in [3.63, 3.8) is 0 Å². The molecule has 2 aliphatic rings. The van der Waals surface area contributed by atoms with Gasteiger partial charge in [-0.1, -0.05) is 0 Å². The van der Waals surface area contributed by atoms with Crippen molar-refractivity contribution in [1.82, 2.24) is 9.88 Å². The minimum atomic E-state index is -3.82. The van der Waals surface area contributed by atoms with Gasteiger partial charge in [0, 0.05) is 40.3 Å². The van der Waals surface area contributed by atoms with Crippen molar-refractivity contribution in [2.24, 2.45) is 0 Å². The van der Waals surface area contributed by atoms with Gasteiger partial charge >= 0.3 is 13.2 Å². The van der Waals surface area contributed by atoms with Gasteiger partial charge in [0.2, 0.25) is 0 Å². The molecule has 2 fully saturated rings. The summed E-state index contributed by atoms with van der Waals surface area (Å²) in [5.74, 6) is -3.68. The van der Waals surface area contributed by atoms with Crippen LogP contribution in [0.15, 0.2) is 18.3 Å². The maximum atomic E-state index is 13.2. The fourth-order valence-corrected chi connectivity index (χ4v) is 2.35. The summed E-state index contributed by atoms with van der Waals surface area (Å²) in [6.07, 6.45) is -10.3. The lowest BCUT2D eigenvalue weighted by atomic mass is 9.78. The minimum Gasteiger partial charge on any atom is -0.444 e. The Morgan fingerprint density at radius 3 is 2.64 bits per heavy atom. The van der Waals surface area contributed by atoms with Gasteiger partial charge in [-0.25, -0.2) is 4.79 Å². The highest BCUT2D eigenvalue weighted by atomic mass is 16.7. The standard InChI is InChI=1S/C21H33BN2O4/c1-19(2,3)26-18(25)24-12-8-9-15(14-24)17-13-16(10-11-23-17)22-27-20(4,5)21(6,7)28-22/h10-11,13,15H,8-9,12,14H2,1-7H3/i8D2,9D2,10D,11D,12D2,13D,14D2,15D. The molecular formula is C21H33BN2O4. The maximum Gasteiger partial charge on any atom is 0.494 e. The highest BCUT2D eigenvalue weighted by molar-refractivity contribution is 6.62. The van der Waals surface area contributed by atoms with Gasteiger partial charge < -0.3 is 18.9 Å². The number of carbonyl (C=O) groups is 1. The normalized spacial score (nSPS) is 40.4. The number of rotatable bonds is 2. The monoisotopic (exact) mass is 400 g/mol. The van der Waals surface area contributed by atoms with Gasteiger partial charge in [-0.15, -0.1) is 0 Å².